The number of benzene rings is 2. The molecule has 0 unspecified atom stereocenters. The summed E-state index contributed by atoms with van der Waals surface area (Å²) >= 11 is 0. The molecule has 1 fully saturated rings. The number of anilines is 2. The summed E-state index contributed by atoms with van der Waals surface area (Å²) in [5.41, 5.74) is 2.20. The minimum absolute atomic E-state index is 0.0176. The fourth-order valence-corrected chi connectivity index (χ4v) is 4.55. The van der Waals surface area contributed by atoms with Gasteiger partial charge in [-0.15, -0.1) is 0 Å². The van der Waals surface area contributed by atoms with Crippen LogP contribution in [-0.4, -0.2) is 37.7 Å². The van der Waals surface area contributed by atoms with Crippen molar-refractivity contribution < 1.29 is 23.1 Å². The molecule has 1 amide bonds. The maximum Gasteiger partial charge on any atom is 0.303 e. The molecule has 3 rings (SSSR count). The minimum atomic E-state index is -3.31. The number of carboxylic acid groups (broad SMARTS) is 1. The second-order valence-corrected chi connectivity index (χ2v) is 8.35. The van der Waals surface area contributed by atoms with Crippen molar-refractivity contribution in [1.29, 1.82) is 0 Å². The lowest BCUT2D eigenvalue weighted by Crippen LogP contribution is -2.25. The molecule has 7 nitrogen and oxygen atoms in total. The minimum Gasteiger partial charge on any atom is -0.481 e. The van der Waals surface area contributed by atoms with Crippen LogP contribution >= 0.6 is 0 Å². The number of rotatable bonds is 6. The molecule has 0 aliphatic carbocycles. The van der Waals surface area contributed by atoms with Gasteiger partial charge in [0.2, 0.25) is 10.0 Å². The van der Waals surface area contributed by atoms with Gasteiger partial charge in [0.15, 0.2) is 0 Å². The van der Waals surface area contributed by atoms with E-state index >= 15 is 0 Å². The van der Waals surface area contributed by atoms with Crippen molar-refractivity contribution in [1.82, 2.24) is 0 Å². The van der Waals surface area contributed by atoms with E-state index in [2.05, 4.69) is 5.32 Å². The molecule has 2 aromatic carbocycles. The zero-order valence-corrected chi connectivity index (χ0v) is 15.4. The topological polar surface area (TPSA) is 104 Å². The number of carbonyl (C=O) groups excluding carboxylic acids is 1. The third-order valence-electron chi connectivity index (χ3n) is 4.31. The van der Waals surface area contributed by atoms with Gasteiger partial charge in [-0.2, -0.15) is 0 Å². The highest BCUT2D eigenvalue weighted by Gasteiger charge is 2.28. The van der Waals surface area contributed by atoms with Crippen molar-refractivity contribution in [2.45, 2.75) is 19.3 Å². The SMILES string of the molecule is O=C(O)CCc1cccc(NC(=O)c2cccc(N3CCCS3(=O)=O)c2)c1. The Labute approximate surface area is 157 Å². The molecule has 142 valence electrons. The summed E-state index contributed by atoms with van der Waals surface area (Å²) in [5, 5.41) is 11.5. The highest BCUT2D eigenvalue weighted by atomic mass is 32.2. The number of nitrogens with one attached hydrogen (secondary N) is 1. The second kappa shape index (κ2) is 7.79. The molecule has 0 spiro atoms. The highest BCUT2D eigenvalue weighted by molar-refractivity contribution is 7.93. The van der Waals surface area contributed by atoms with Crippen LogP contribution in [0.25, 0.3) is 0 Å². The number of sulfonamides is 1. The van der Waals surface area contributed by atoms with Crippen LogP contribution in [0.5, 0.6) is 0 Å². The predicted molar refractivity (Wildman–Crippen MR) is 103 cm³/mol. The van der Waals surface area contributed by atoms with Gasteiger partial charge in [-0.05, 0) is 48.7 Å². The number of hydrogen-bond donors (Lipinski definition) is 2. The van der Waals surface area contributed by atoms with Crippen molar-refractivity contribution in [3.05, 3.63) is 59.7 Å². The van der Waals surface area contributed by atoms with Crippen LogP contribution in [0.2, 0.25) is 0 Å². The molecule has 1 aliphatic rings. The predicted octanol–water partition coefficient (Wildman–Crippen LogP) is 2.50. The first-order valence-corrected chi connectivity index (χ1v) is 10.2. The van der Waals surface area contributed by atoms with Crippen molar-refractivity contribution in [3.63, 3.8) is 0 Å². The molecule has 0 saturated carbocycles. The Hall–Kier alpha value is -2.87. The third kappa shape index (κ3) is 4.65. The van der Waals surface area contributed by atoms with Gasteiger partial charge >= 0.3 is 5.97 Å². The van der Waals surface area contributed by atoms with E-state index in [0.717, 1.165) is 5.56 Å². The number of hydrogen-bond acceptors (Lipinski definition) is 4. The molecular formula is C19H20N2O5S. The van der Waals surface area contributed by atoms with Crippen LogP contribution in [0.4, 0.5) is 11.4 Å². The lowest BCUT2D eigenvalue weighted by molar-refractivity contribution is -0.136. The van der Waals surface area contributed by atoms with Gasteiger partial charge in [0, 0.05) is 24.2 Å². The van der Waals surface area contributed by atoms with Crippen LogP contribution < -0.4 is 9.62 Å². The van der Waals surface area contributed by atoms with E-state index in [1.54, 1.807) is 48.5 Å². The quantitative estimate of drug-likeness (QED) is 0.791. The molecule has 0 radical (unpaired) electrons. The summed E-state index contributed by atoms with van der Waals surface area (Å²) in [6.07, 6.45) is 0.965. The van der Waals surface area contributed by atoms with Gasteiger partial charge in [-0.3, -0.25) is 13.9 Å². The number of aliphatic carboxylic acids is 1. The van der Waals surface area contributed by atoms with Gasteiger partial charge in [-0.1, -0.05) is 18.2 Å². The number of carbonyl (C=O) groups is 2. The van der Waals surface area contributed by atoms with E-state index in [0.29, 0.717) is 36.3 Å². The van der Waals surface area contributed by atoms with E-state index in [1.807, 2.05) is 0 Å². The summed E-state index contributed by atoms with van der Waals surface area (Å²) in [6, 6.07) is 13.5. The van der Waals surface area contributed by atoms with Gasteiger partial charge < -0.3 is 10.4 Å². The van der Waals surface area contributed by atoms with Crippen molar-refractivity contribution >= 4 is 33.3 Å². The number of carboxylic acids is 1. The molecule has 2 N–H and O–H groups in total. The van der Waals surface area contributed by atoms with Crippen LogP contribution in [0.1, 0.15) is 28.8 Å². The van der Waals surface area contributed by atoms with Crippen LogP contribution in [-0.2, 0) is 21.2 Å². The molecule has 0 aromatic heterocycles. The van der Waals surface area contributed by atoms with Gasteiger partial charge in [0.1, 0.15) is 0 Å². The average molecular weight is 388 g/mol. The van der Waals surface area contributed by atoms with Crippen molar-refractivity contribution in [2.24, 2.45) is 0 Å². The van der Waals surface area contributed by atoms with Gasteiger partial charge in [0.25, 0.3) is 5.91 Å². The largest absolute Gasteiger partial charge is 0.481 e. The molecular weight excluding hydrogens is 368 g/mol. The Morgan fingerprint density at radius 1 is 1.11 bits per heavy atom. The molecule has 1 aliphatic heterocycles. The monoisotopic (exact) mass is 388 g/mol. The first-order valence-electron chi connectivity index (χ1n) is 8.58. The Bertz CT molecular complexity index is 972. The first-order chi connectivity index (χ1) is 12.8. The summed E-state index contributed by atoms with van der Waals surface area (Å²) in [5.74, 6) is -1.12. The average Bonchev–Trinajstić information content (AvgIpc) is 2.99. The molecule has 27 heavy (non-hydrogen) atoms. The maximum absolute atomic E-state index is 12.5. The van der Waals surface area contributed by atoms with E-state index in [9.17, 15) is 18.0 Å². The van der Waals surface area contributed by atoms with E-state index in [-0.39, 0.29) is 18.1 Å². The first kappa shape index (κ1) is 18.9. The summed E-state index contributed by atoms with van der Waals surface area (Å²) < 4.78 is 25.5. The summed E-state index contributed by atoms with van der Waals surface area (Å²) in [6.45, 7) is 0.416. The van der Waals surface area contributed by atoms with Crippen LogP contribution in [0.15, 0.2) is 48.5 Å². The molecule has 1 heterocycles. The zero-order chi connectivity index (χ0) is 19.4. The smallest absolute Gasteiger partial charge is 0.303 e. The Kier molecular flexibility index (Phi) is 5.46. The standard InChI is InChI=1S/C19H20N2O5S/c22-18(23)9-8-14-4-1-6-16(12-14)20-19(24)15-5-2-7-17(13-15)21-10-3-11-27(21,25)26/h1-2,4-7,12-13H,3,8-11H2,(H,20,24)(H,22,23). The maximum atomic E-state index is 12.5. The summed E-state index contributed by atoms with van der Waals surface area (Å²) in [7, 11) is -3.31. The van der Waals surface area contributed by atoms with Crippen LogP contribution in [0.3, 0.4) is 0 Å². The van der Waals surface area contributed by atoms with Crippen molar-refractivity contribution in [2.75, 3.05) is 21.9 Å². The fourth-order valence-electron chi connectivity index (χ4n) is 2.99. The normalized spacial score (nSPS) is 15.5. The summed E-state index contributed by atoms with van der Waals surface area (Å²) in [4.78, 5) is 23.2. The second-order valence-electron chi connectivity index (χ2n) is 6.34. The lowest BCUT2D eigenvalue weighted by atomic mass is 10.1. The zero-order valence-electron chi connectivity index (χ0n) is 14.6. The number of aryl methyl sites for hydroxylation is 1. The van der Waals surface area contributed by atoms with E-state index < -0.39 is 16.0 Å². The van der Waals surface area contributed by atoms with E-state index in [1.165, 1.54) is 4.31 Å². The molecule has 0 bridgehead atoms. The third-order valence-corrected chi connectivity index (χ3v) is 6.18. The van der Waals surface area contributed by atoms with Crippen molar-refractivity contribution in [3.8, 4) is 0 Å². The lowest BCUT2D eigenvalue weighted by Gasteiger charge is -2.17. The molecule has 0 atom stereocenters. The molecule has 1 saturated heterocycles. The highest BCUT2D eigenvalue weighted by Crippen LogP contribution is 2.25. The number of amides is 1. The van der Waals surface area contributed by atoms with Gasteiger partial charge in [0.05, 0.1) is 11.4 Å². The Morgan fingerprint density at radius 2 is 1.89 bits per heavy atom. The Morgan fingerprint density at radius 3 is 2.59 bits per heavy atom. The van der Waals surface area contributed by atoms with Gasteiger partial charge in [-0.25, -0.2) is 8.42 Å². The number of nitrogens with zero attached hydrogens (tertiary/aromatic N) is 1. The molecule has 8 heteroatoms. The fraction of sp³-hybridized carbons (Fsp3) is 0.263. The Balaban J connectivity index is 1.74. The van der Waals surface area contributed by atoms with Crippen LogP contribution in [0, 0.1) is 0 Å². The molecule has 2 aromatic rings. The van der Waals surface area contributed by atoms with E-state index in [4.69, 9.17) is 5.11 Å².